The molecule has 0 saturated heterocycles. The minimum atomic E-state index is -5.14. The van der Waals surface area contributed by atoms with Gasteiger partial charge in [0.15, 0.2) is 12.5 Å². The topological polar surface area (TPSA) is 86.7 Å². The van der Waals surface area contributed by atoms with E-state index in [2.05, 4.69) is 4.98 Å². The molecule has 2 unspecified atom stereocenters. The van der Waals surface area contributed by atoms with Crippen LogP contribution in [-0.4, -0.2) is 46.1 Å². The van der Waals surface area contributed by atoms with Gasteiger partial charge in [-0.3, -0.25) is 0 Å². The summed E-state index contributed by atoms with van der Waals surface area (Å²) in [6.45, 7) is 2.43. The summed E-state index contributed by atoms with van der Waals surface area (Å²) in [7, 11) is 1.26. The molecule has 2 atom stereocenters. The molecule has 0 aliphatic carbocycles. The SMILES string of the molecule is COCOc1c(C(CO)(N[S+]([O-])C(C)(C)C)C(F)(F)F)cc(Cl)nc1-c1ccc(F)cc1. The standard InChI is InChI=1S/C20H23ClF4N2O4S/c1-18(2,3)32(29)27-19(10-28,20(23,24)25)14-9-15(21)26-16(17(14)31-11-30-4)12-5-7-13(22)8-6-12/h5-9,27-28H,10-11H2,1-4H3. The summed E-state index contributed by atoms with van der Waals surface area (Å²) in [4.78, 5) is 4.05. The van der Waals surface area contributed by atoms with Crippen molar-refractivity contribution in [2.75, 3.05) is 20.5 Å². The molecule has 0 spiro atoms. The van der Waals surface area contributed by atoms with E-state index in [1.165, 1.54) is 40.0 Å². The van der Waals surface area contributed by atoms with E-state index in [1.54, 1.807) is 0 Å². The second-order valence-electron chi connectivity index (χ2n) is 7.77. The minimum absolute atomic E-state index is 0.144. The van der Waals surface area contributed by atoms with Crippen LogP contribution >= 0.6 is 11.6 Å². The molecule has 1 aromatic carbocycles. The third-order valence-corrected chi connectivity index (χ3v) is 6.22. The number of aliphatic hydroxyl groups is 1. The average Bonchev–Trinajstić information content (AvgIpc) is 2.69. The van der Waals surface area contributed by atoms with E-state index >= 15 is 0 Å². The molecule has 1 aromatic heterocycles. The van der Waals surface area contributed by atoms with Crippen LogP contribution < -0.4 is 9.46 Å². The van der Waals surface area contributed by atoms with E-state index in [4.69, 9.17) is 21.1 Å². The maximum absolute atomic E-state index is 14.5. The maximum Gasteiger partial charge on any atom is 0.417 e. The molecule has 12 heteroatoms. The molecular formula is C20H23ClF4N2O4S. The molecule has 0 radical (unpaired) electrons. The number of aliphatic hydroxyl groups excluding tert-OH is 1. The van der Waals surface area contributed by atoms with E-state index in [0.717, 1.165) is 18.2 Å². The first kappa shape index (κ1) is 26.6. The highest BCUT2D eigenvalue weighted by molar-refractivity contribution is 7.90. The first-order valence-corrected chi connectivity index (χ1v) is 10.8. The molecule has 0 fully saturated rings. The fraction of sp³-hybridized carbons (Fsp3) is 0.450. The number of nitrogens with one attached hydrogen (secondary N) is 1. The van der Waals surface area contributed by atoms with E-state index in [1.807, 2.05) is 4.72 Å². The number of benzene rings is 1. The van der Waals surface area contributed by atoms with Crippen LogP contribution in [0.5, 0.6) is 5.75 Å². The smallest absolute Gasteiger partial charge is 0.417 e. The predicted molar refractivity (Wildman–Crippen MR) is 113 cm³/mol. The number of hydrogen-bond donors (Lipinski definition) is 2. The third kappa shape index (κ3) is 5.64. The summed E-state index contributed by atoms with van der Waals surface area (Å²) in [5.74, 6) is -0.995. The highest BCUT2D eigenvalue weighted by atomic mass is 35.5. The van der Waals surface area contributed by atoms with Crippen molar-refractivity contribution < 1.29 is 36.7 Å². The molecule has 0 amide bonds. The van der Waals surface area contributed by atoms with Gasteiger partial charge in [0.2, 0.25) is 5.54 Å². The lowest BCUT2D eigenvalue weighted by Gasteiger charge is -2.38. The van der Waals surface area contributed by atoms with E-state index in [0.29, 0.717) is 0 Å². The van der Waals surface area contributed by atoms with Gasteiger partial charge in [-0.05, 0) is 51.1 Å². The zero-order valence-electron chi connectivity index (χ0n) is 17.7. The fourth-order valence-electron chi connectivity index (χ4n) is 2.67. The van der Waals surface area contributed by atoms with Crippen molar-refractivity contribution in [3.63, 3.8) is 0 Å². The molecule has 0 saturated carbocycles. The van der Waals surface area contributed by atoms with Crippen LogP contribution in [0.15, 0.2) is 30.3 Å². The van der Waals surface area contributed by atoms with Crippen molar-refractivity contribution in [3.05, 3.63) is 46.9 Å². The van der Waals surface area contributed by atoms with Gasteiger partial charge < -0.3 is 19.1 Å². The van der Waals surface area contributed by atoms with Crippen molar-refractivity contribution in [2.24, 2.45) is 0 Å². The molecule has 0 bridgehead atoms. The summed E-state index contributed by atoms with van der Waals surface area (Å²) in [6.07, 6.45) is -5.14. The van der Waals surface area contributed by atoms with Gasteiger partial charge in [-0.15, -0.1) is 4.72 Å². The molecule has 1 heterocycles. The summed E-state index contributed by atoms with van der Waals surface area (Å²) < 4.78 is 80.7. The van der Waals surface area contributed by atoms with Gasteiger partial charge in [-0.2, -0.15) is 13.2 Å². The maximum atomic E-state index is 14.5. The summed E-state index contributed by atoms with van der Waals surface area (Å²) in [6, 6.07) is 5.62. The van der Waals surface area contributed by atoms with Crippen LogP contribution in [0.3, 0.4) is 0 Å². The first-order chi connectivity index (χ1) is 14.8. The Kier molecular flexibility index (Phi) is 8.41. The normalized spacial score (nSPS) is 15.3. The van der Waals surface area contributed by atoms with Crippen LogP contribution in [0.2, 0.25) is 5.15 Å². The highest BCUT2D eigenvalue weighted by Crippen LogP contribution is 2.47. The monoisotopic (exact) mass is 498 g/mol. The number of hydrogen-bond acceptors (Lipinski definition) is 6. The first-order valence-electron chi connectivity index (χ1n) is 9.23. The van der Waals surface area contributed by atoms with Crippen molar-refractivity contribution in [1.82, 2.24) is 9.71 Å². The van der Waals surface area contributed by atoms with Crippen molar-refractivity contribution >= 4 is 23.0 Å². The molecule has 2 aromatic rings. The van der Waals surface area contributed by atoms with Crippen LogP contribution in [0.4, 0.5) is 17.6 Å². The van der Waals surface area contributed by atoms with E-state index < -0.39 is 58.4 Å². The molecular weight excluding hydrogens is 476 g/mol. The molecule has 2 rings (SSSR count). The number of halogens is 5. The predicted octanol–water partition coefficient (Wildman–Crippen LogP) is 4.33. The van der Waals surface area contributed by atoms with Crippen LogP contribution in [0.1, 0.15) is 26.3 Å². The number of aromatic nitrogens is 1. The van der Waals surface area contributed by atoms with Gasteiger partial charge in [-0.25, -0.2) is 9.37 Å². The van der Waals surface area contributed by atoms with Crippen molar-refractivity contribution in [2.45, 2.75) is 37.2 Å². The van der Waals surface area contributed by atoms with Crippen molar-refractivity contribution in [1.29, 1.82) is 0 Å². The number of pyridine rings is 1. The van der Waals surface area contributed by atoms with E-state index in [9.17, 15) is 27.2 Å². The Balaban J connectivity index is 2.86. The Morgan fingerprint density at radius 2 is 1.78 bits per heavy atom. The Hall–Kier alpha value is -1.63. The summed E-state index contributed by atoms with van der Waals surface area (Å²) >= 11 is 3.79. The number of methoxy groups -OCH3 is 1. The molecule has 32 heavy (non-hydrogen) atoms. The third-order valence-electron chi connectivity index (χ3n) is 4.38. The number of nitrogens with zero attached hydrogens (tertiary/aromatic N) is 1. The van der Waals surface area contributed by atoms with E-state index in [-0.39, 0.29) is 16.4 Å². The number of ether oxygens (including phenoxy) is 2. The van der Waals surface area contributed by atoms with Gasteiger partial charge in [-0.1, -0.05) is 11.6 Å². The Morgan fingerprint density at radius 3 is 2.25 bits per heavy atom. The number of alkyl halides is 3. The lowest BCUT2D eigenvalue weighted by Crippen LogP contribution is -2.61. The Labute approximate surface area is 191 Å². The van der Waals surface area contributed by atoms with Gasteiger partial charge in [0.25, 0.3) is 0 Å². The highest BCUT2D eigenvalue weighted by Gasteiger charge is 2.61. The number of rotatable bonds is 8. The minimum Gasteiger partial charge on any atom is -0.598 e. The molecule has 178 valence electrons. The Morgan fingerprint density at radius 1 is 1.19 bits per heavy atom. The van der Waals surface area contributed by atoms with Gasteiger partial charge in [0.1, 0.15) is 21.4 Å². The molecule has 6 nitrogen and oxygen atoms in total. The average molecular weight is 499 g/mol. The lowest BCUT2D eigenvalue weighted by atomic mass is 9.89. The zero-order valence-corrected chi connectivity index (χ0v) is 19.3. The van der Waals surface area contributed by atoms with Gasteiger partial charge in [0, 0.05) is 29.6 Å². The second-order valence-corrected chi connectivity index (χ2v) is 10.1. The Bertz CT molecular complexity index is 926. The molecule has 0 aliphatic heterocycles. The van der Waals surface area contributed by atoms with Crippen LogP contribution in [0, 0.1) is 5.82 Å². The van der Waals surface area contributed by atoms with Gasteiger partial charge in [0.05, 0.1) is 6.61 Å². The molecule has 2 N–H and O–H groups in total. The molecule has 0 aliphatic rings. The quantitative estimate of drug-likeness (QED) is 0.244. The van der Waals surface area contributed by atoms with Crippen LogP contribution in [0.25, 0.3) is 11.3 Å². The fourth-order valence-corrected chi connectivity index (χ4v) is 3.78. The lowest BCUT2D eigenvalue weighted by molar-refractivity contribution is -0.205. The summed E-state index contributed by atoms with van der Waals surface area (Å²) in [5.41, 5.74) is -3.82. The zero-order chi connectivity index (χ0) is 24.3. The van der Waals surface area contributed by atoms with Crippen LogP contribution in [-0.2, 0) is 21.6 Å². The largest absolute Gasteiger partial charge is 0.598 e. The summed E-state index contributed by atoms with van der Waals surface area (Å²) in [5, 5.41) is 9.65. The second kappa shape index (κ2) is 10.1. The van der Waals surface area contributed by atoms with Gasteiger partial charge >= 0.3 is 6.18 Å². The van der Waals surface area contributed by atoms with Crippen molar-refractivity contribution in [3.8, 4) is 17.0 Å².